The van der Waals surface area contributed by atoms with Gasteiger partial charge >= 0.3 is 0 Å². The predicted octanol–water partition coefficient (Wildman–Crippen LogP) is 5.69. The maximum Gasteiger partial charge on any atom is 0.258 e. The van der Waals surface area contributed by atoms with Crippen molar-refractivity contribution in [3.05, 3.63) is 99.8 Å². The van der Waals surface area contributed by atoms with Crippen LogP contribution in [0.4, 0.5) is 5.69 Å². The summed E-state index contributed by atoms with van der Waals surface area (Å²) >= 11 is 1.27. The molecule has 208 valence electrons. The number of aryl methyl sites for hydroxylation is 1. The topological polar surface area (TPSA) is 113 Å². The number of benzene rings is 3. The standard InChI is InChI=1S/C31H28N4O5S/c1-18-29(28(41-35-18)16-22-17-32-23-10-5-6-11-24(23)33-22)31(37)34-21-9-7-8-20(15-21)25(36)12-19-13-26(38-2)30(40-4)27(14-19)39-3/h5-11,13-15,17H,12,16H2,1-4H3,(H,34,37). The third-order valence-electron chi connectivity index (χ3n) is 6.53. The van der Waals surface area contributed by atoms with E-state index in [4.69, 9.17) is 14.2 Å². The molecule has 0 unspecified atom stereocenters. The Morgan fingerprint density at radius 3 is 2.34 bits per heavy atom. The maximum absolute atomic E-state index is 13.4. The van der Waals surface area contributed by atoms with Crippen molar-refractivity contribution in [2.45, 2.75) is 19.8 Å². The van der Waals surface area contributed by atoms with Gasteiger partial charge < -0.3 is 19.5 Å². The van der Waals surface area contributed by atoms with Gasteiger partial charge in [0.05, 0.1) is 49.3 Å². The van der Waals surface area contributed by atoms with Gasteiger partial charge in [-0.3, -0.25) is 14.6 Å². The van der Waals surface area contributed by atoms with Crippen LogP contribution in [0.5, 0.6) is 17.2 Å². The van der Waals surface area contributed by atoms with Crippen LogP contribution in [0.2, 0.25) is 0 Å². The lowest BCUT2D eigenvalue weighted by molar-refractivity contribution is 0.0989. The molecular weight excluding hydrogens is 540 g/mol. The fraction of sp³-hybridized carbons (Fsp3) is 0.194. The molecule has 9 nitrogen and oxygen atoms in total. The highest BCUT2D eigenvalue weighted by Crippen LogP contribution is 2.38. The molecule has 0 bridgehead atoms. The van der Waals surface area contributed by atoms with Crippen LogP contribution < -0.4 is 19.5 Å². The summed E-state index contributed by atoms with van der Waals surface area (Å²) in [6, 6.07) is 18.0. The molecular formula is C31H28N4O5S. The number of rotatable bonds is 10. The number of carbonyl (C=O) groups is 2. The van der Waals surface area contributed by atoms with Crippen LogP contribution in [-0.2, 0) is 12.8 Å². The zero-order valence-electron chi connectivity index (χ0n) is 23.1. The van der Waals surface area contributed by atoms with Gasteiger partial charge in [-0.2, -0.15) is 4.37 Å². The average Bonchev–Trinajstić information content (AvgIpc) is 3.36. The van der Waals surface area contributed by atoms with Crippen molar-refractivity contribution in [2.24, 2.45) is 0 Å². The lowest BCUT2D eigenvalue weighted by Crippen LogP contribution is -2.15. The highest BCUT2D eigenvalue weighted by molar-refractivity contribution is 7.06. The number of para-hydroxylation sites is 2. The van der Waals surface area contributed by atoms with Crippen LogP contribution in [0.25, 0.3) is 11.0 Å². The molecule has 1 amide bonds. The van der Waals surface area contributed by atoms with Gasteiger partial charge in [0.2, 0.25) is 5.75 Å². The van der Waals surface area contributed by atoms with Gasteiger partial charge in [-0.15, -0.1) is 0 Å². The summed E-state index contributed by atoms with van der Waals surface area (Å²) in [5.41, 5.74) is 5.17. The molecule has 0 aliphatic rings. The normalized spacial score (nSPS) is 10.8. The predicted molar refractivity (Wildman–Crippen MR) is 158 cm³/mol. The Hall–Kier alpha value is -4.83. The van der Waals surface area contributed by atoms with E-state index in [1.807, 2.05) is 24.3 Å². The third kappa shape index (κ3) is 6.02. The zero-order chi connectivity index (χ0) is 28.9. The second-order valence-corrected chi connectivity index (χ2v) is 10.1. The first-order valence-corrected chi connectivity index (χ1v) is 13.6. The highest BCUT2D eigenvalue weighted by atomic mass is 32.1. The van der Waals surface area contributed by atoms with Gasteiger partial charge in [-0.05, 0) is 60.4 Å². The second kappa shape index (κ2) is 12.1. The summed E-state index contributed by atoms with van der Waals surface area (Å²) in [5.74, 6) is 0.983. The number of ketones is 1. The molecule has 0 saturated heterocycles. The quantitative estimate of drug-likeness (QED) is 0.214. The van der Waals surface area contributed by atoms with E-state index in [-0.39, 0.29) is 18.1 Å². The monoisotopic (exact) mass is 568 g/mol. The molecule has 2 heterocycles. The number of Topliss-reactive ketones (excluding diaryl/α,β-unsaturated/α-hetero) is 1. The van der Waals surface area contributed by atoms with E-state index in [0.717, 1.165) is 21.6 Å². The number of carbonyl (C=O) groups excluding carboxylic acids is 2. The maximum atomic E-state index is 13.4. The van der Waals surface area contributed by atoms with Gasteiger partial charge in [-0.1, -0.05) is 24.3 Å². The Morgan fingerprint density at radius 1 is 0.902 bits per heavy atom. The van der Waals surface area contributed by atoms with Crippen LogP contribution in [0, 0.1) is 6.92 Å². The van der Waals surface area contributed by atoms with Crippen LogP contribution in [-0.4, -0.2) is 47.4 Å². The zero-order valence-corrected chi connectivity index (χ0v) is 23.9. The molecule has 2 aromatic heterocycles. The largest absolute Gasteiger partial charge is 0.493 e. The van der Waals surface area contributed by atoms with Crippen molar-refractivity contribution in [1.29, 1.82) is 0 Å². The van der Waals surface area contributed by atoms with E-state index < -0.39 is 0 Å². The van der Waals surface area contributed by atoms with Crippen molar-refractivity contribution in [3.63, 3.8) is 0 Å². The van der Waals surface area contributed by atoms with Crippen molar-refractivity contribution >= 4 is 39.9 Å². The smallest absolute Gasteiger partial charge is 0.258 e. The van der Waals surface area contributed by atoms with Crippen LogP contribution in [0.15, 0.2) is 66.9 Å². The summed E-state index contributed by atoms with van der Waals surface area (Å²) in [5, 5.41) is 2.93. The van der Waals surface area contributed by atoms with E-state index >= 15 is 0 Å². The molecule has 0 radical (unpaired) electrons. The van der Waals surface area contributed by atoms with Gasteiger partial charge in [0.15, 0.2) is 17.3 Å². The molecule has 0 atom stereocenters. The average molecular weight is 569 g/mol. The van der Waals surface area contributed by atoms with Crippen molar-refractivity contribution in [2.75, 3.05) is 26.6 Å². The van der Waals surface area contributed by atoms with E-state index in [1.54, 1.807) is 49.5 Å². The Balaban J connectivity index is 1.33. The lowest BCUT2D eigenvalue weighted by atomic mass is 10.0. The van der Waals surface area contributed by atoms with Crippen molar-refractivity contribution < 1.29 is 23.8 Å². The minimum atomic E-state index is -0.297. The number of fused-ring (bicyclic) bond motifs is 1. The molecule has 5 rings (SSSR count). The molecule has 0 aliphatic carbocycles. The molecule has 10 heteroatoms. The van der Waals surface area contributed by atoms with Crippen LogP contribution >= 0.6 is 11.5 Å². The minimum Gasteiger partial charge on any atom is -0.493 e. The number of ether oxygens (including phenoxy) is 3. The first kappa shape index (κ1) is 27.7. The first-order chi connectivity index (χ1) is 19.9. The van der Waals surface area contributed by atoms with E-state index in [9.17, 15) is 9.59 Å². The number of aromatic nitrogens is 3. The molecule has 0 fully saturated rings. The Bertz CT molecular complexity index is 1730. The summed E-state index contributed by atoms with van der Waals surface area (Å²) < 4.78 is 20.6. The molecule has 5 aromatic rings. The van der Waals surface area contributed by atoms with E-state index in [2.05, 4.69) is 19.7 Å². The summed E-state index contributed by atoms with van der Waals surface area (Å²) in [4.78, 5) is 36.5. The lowest BCUT2D eigenvalue weighted by Gasteiger charge is -2.14. The number of nitrogens with zero attached hydrogens (tertiary/aromatic N) is 3. The van der Waals surface area contributed by atoms with E-state index in [1.165, 1.54) is 32.9 Å². The van der Waals surface area contributed by atoms with Gasteiger partial charge in [-0.25, -0.2) is 4.98 Å². The summed E-state index contributed by atoms with van der Waals surface area (Å²) in [7, 11) is 4.58. The Morgan fingerprint density at radius 2 is 1.63 bits per heavy atom. The van der Waals surface area contributed by atoms with Crippen LogP contribution in [0.3, 0.4) is 0 Å². The fourth-order valence-corrected chi connectivity index (χ4v) is 5.44. The number of hydrogen-bond acceptors (Lipinski definition) is 9. The molecule has 3 aromatic carbocycles. The second-order valence-electron chi connectivity index (χ2n) is 9.26. The van der Waals surface area contributed by atoms with E-state index in [0.29, 0.717) is 51.7 Å². The highest BCUT2D eigenvalue weighted by Gasteiger charge is 2.21. The Kier molecular flexibility index (Phi) is 8.21. The molecule has 0 saturated carbocycles. The minimum absolute atomic E-state index is 0.110. The number of hydrogen-bond donors (Lipinski definition) is 1. The molecule has 41 heavy (non-hydrogen) atoms. The number of methoxy groups -OCH3 is 3. The first-order valence-electron chi connectivity index (χ1n) is 12.8. The number of amides is 1. The van der Waals surface area contributed by atoms with Gasteiger partial charge in [0, 0.05) is 35.2 Å². The number of nitrogens with one attached hydrogen (secondary N) is 1. The number of anilines is 1. The van der Waals surface area contributed by atoms with Crippen molar-refractivity contribution in [3.8, 4) is 17.2 Å². The van der Waals surface area contributed by atoms with Gasteiger partial charge in [0.25, 0.3) is 5.91 Å². The molecule has 0 aliphatic heterocycles. The Labute approximate surface area is 241 Å². The SMILES string of the molecule is COc1cc(CC(=O)c2cccc(NC(=O)c3c(C)nsc3Cc3cnc4ccccc4n3)c2)cc(OC)c1OC. The van der Waals surface area contributed by atoms with Crippen molar-refractivity contribution in [1.82, 2.24) is 14.3 Å². The van der Waals surface area contributed by atoms with Crippen LogP contribution in [0.1, 0.15) is 42.5 Å². The molecule has 0 spiro atoms. The summed E-state index contributed by atoms with van der Waals surface area (Å²) in [6.45, 7) is 1.80. The fourth-order valence-electron chi connectivity index (χ4n) is 4.56. The third-order valence-corrected chi connectivity index (χ3v) is 7.47. The summed E-state index contributed by atoms with van der Waals surface area (Å²) in [6.07, 6.45) is 2.26. The molecule has 1 N–H and O–H groups in total. The van der Waals surface area contributed by atoms with Gasteiger partial charge in [0.1, 0.15) is 0 Å².